The number of aryl methyl sites for hydroxylation is 1. The molecule has 4 rings (SSSR count). The molecular formula is C19H14F3N5O. The Balaban J connectivity index is 1.72. The molecule has 0 fully saturated rings. The lowest BCUT2D eigenvalue weighted by molar-refractivity contribution is -0.137. The maximum absolute atomic E-state index is 12.9. The number of hydrogen-bond acceptors (Lipinski definition) is 4. The Bertz CT molecular complexity index is 1210. The summed E-state index contributed by atoms with van der Waals surface area (Å²) in [4.78, 5) is 16.9. The molecule has 0 saturated heterocycles. The van der Waals surface area contributed by atoms with Crippen molar-refractivity contribution >= 4 is 11.2 Å². The van der Waals surface area contributed by atoms with Crippen molar-refractivity contribution in [3.05, 3.63) is 81.9 Å². The molecule has 0 aliphatic carbocycles. The monoisotopic (exact) mass is 385 g/mol. The highest BCUT2D eigenvalue weighted by molar-refractivity contribution is 5.70. The van der Waals surface area contributed by atoms with Crippen molar-refractivity contribution in [2.75, 3.05) is 0 Å². The normalized spacial score (nSPS) is 11.9. The highest BCUT2D eigenvalue weighted by Gasteiger charge is 2.30. The Morgan fingerprint density at radius 1 is 1.07 bits per heavy atom. The number of hydrogen-bond donors (Lipinski definition) is 0. The number of aromatic nitrogens is 5. The van der Waals surface area contributed by atoms with E-state index in [1.807, 2.05) is 31.2 Å². The van der Waals surface area contributed by atoms with Crippen LogP contribution in [0.25, 0.3) is 16.9 Å². The minimum Gasteiger partial charge on any atom is -0.293 e. The van der Waals surface area contributed by atoms with Crippen LogP contribution in [0, 0.1) is 6.92 Å². The van der Waals surface area contributed by atoms with Crippen molar-refractivity contribution in [1.82, 2.24) is 24.5 Å². The highest BCUT2D eigenvalue weighted by atomic mass is 19.4. The van der Waals surface area contributed by atoms with Crippen LogP contribution in [0.2, 0.25) is 0 Å². The Morgan fingerprint density at radius 2 is 1.82 bits per heavy atom. The molecule has 2 aromatic carbocycles. The Morgan fingerprint density at radius 3 is 2.54 bits per heavy atom. The summed E-state index contributed by atoms with van der Waals surface area (Å²) in [6, 6.07) is 12.3. The van der Waals surface area contributed by atoms with Crippen LogP contribution in [0.1, 0.15) is 16.7 Å². The summed E-state index contributed by atoms with van der Waals surface area (Å²) in [5, 5.41) is 7.91. The van der Waals surface area contributed by atoms with Crippen LogP contribution in [0.5, 0.6) is 0 Å². The van der Waals surface area contributed by atoms with Gasteiger partial charge in [-0.05, 0) is 36.8 Å². The molecule has 2 heterocycles. The summed E-state index contributed by atoms with van der Waals surface area (Å²) < 4.78 is 41.3. The molecule has 2 aromatic heterocycles. The summed E-state index contributed by atoms with van der Waals surface area (Å²) in [6.07, 6.45) is -3.15. The van der Waals surface area contributed by atoms with Crippen LogP contribution < -0.4 is 5.56 Å². The van der Waals surface area contributed by atoms with Gasteiger partial charge in [0.15, 0.2) is 11.2 Å². The molecule has 142 valence electrons. The van der Waals surface area contributed by atoms with E-state index in [4.69, 9.17) is 0 Å². The zero-order valence-electron chi connectivity index (χ0n) is 14.7. The topological polar surface area (TPSA) is 65.6 Å². The van der Waals surface area contributed by atoms with Crippen LogP contribution in [0.15, 0.2) is 59.7 Å². The van der Waals surface area contributed by atoms with Gasteiger partial charge in [-0.2, -0.15) is 17.9 Å². The van der Waals surface area contributed by atoms with E-state index < -0.39 is 17.3 Å². The average molecular weight is 385 g/mol. The highest BCUT2D eigenvalue weighted by Crippen LogP contribution is 2.29. The number of alkyl halides is 3. The first-order valence-electron chi connectivity index (χ1n) is 8.37. The SMILES string of the molecule is Cc1ccc(-n2nnc3c(=O)n(Cc4cccc(C(F)(F)F)c4)cnc32)cc1. The second kappa shape index (κ2) is 6.59. The average Bonchev–Trinajstić information content (AvgIpc) is 3.09. The summed E-state index contributed by atoms with van der Waals surface area (Å²) in [6.45, 7) is 1.90. The third-order valence-corrected chi connectivity index (χ3v) is 4.32. The van der Waals surface area contributed by atoms with Crippen LogP contribution in [0.4, 0.5) is 13.2 Å². The van der Waals surface area contributed by atoms with Gasteiger partial charge in [0, 0.05) is 0 Å². The largest absolute Gasteiger partial charge is 0.416 e. The summed E-state index contributed by atoms with van der Waals surface area (Å²) >= 11 is 0. The van der Waals surface area contributed by atoms with Crippen molar-refractivity contribution in [2.24, 2.45) is 0 Å². The molecular weight excluding hydrogens is 371 g/mol. The van der Waals surface area contributed by atoms with Crippen LogP contribution in [-0.4, -0.2) is 24.5 Å². The van der Waals surface area contributed by atoms with E-state index in [1.165, 1.54) is 27.7 Å². The van der Waals surface area contributed by atoms with E-state index in [0.29, 0.717) is 11.3 Å². The van der Waals surface area contributed by atoms with Crippen molar-refractivity contribution in [3.63, 3.8) is 0 Å². The second-order valence-electron chi connectivity index (χ2n) is 6.38. The Hall–Kier alpha value is -3.49. The van der Waals surface area contributed by atoms with Gasteiger partial charge in [-0.1, -0.05) is 35.0 Å². The molecule has 4 aromatic rings. The van der Waals surface area contributed by atoms with Gasteiger partial charge >= 0.3 is 6.18 Å². The fourth-order valence-electron chi connectivity index (χ4n) is 2.86. The maximum Gasteiger partial charge on any atom is 0.416 e. The van der Waals surface area contributed by atoms with E-state index in [0.717, 1.165) is 17.7 Å². The molecule has 0 spiro atoms. The molecule has 6 nitrogen and oxygen atoms in total. The minimum atomic E-state index is -4.44. The summed E-state index contributed by atoms with van der Waals surface area (Å²) in [5.74, 6) is 0. The molecule has 9 heteroatoms. The van der Waals surface area contributed by atoms with E-state index in [-0.39, 0.29) is 17.7 Å². The lowest BCUT2D eigenvalue weighted by atomic mass is 10.1. The summed E-state index contributed by atoms with van der Waals surface area (Å²) in [5.41, 5.74) is 1.21. The number of halogens is 3. The van der Waals surface area contributed by atoms with Gasteiger partial charge < -0.3 is 0 Å². The predicted molar refractivity (Wildman–Crippen MR) is 96.2 cm³/mol. The van der Waals surface area contributed by atoms with Gasteiger partial charge in [-0.3, -0.25) is 9.36 Å². The molecule has 0 aliphatic rings. The third kappa shape index (κ3) is 3.26. The first kappa shape index (κ1) is 17.9. The molecule has 0 atom stereocenters. The number of rotatable bonds is 3. The van der Waals surface area contributed by atoms with Gasteiger partial charge in [0.2, 0.25) is 0 Å². The Labute approximate surface area is 156 Å². The zero-order chi connectivity index (χ0) is 19.9. The van der Waals surface area contributed by atoms with Crippen LogP contribution in [0.3, 0.4) is 0 Å². The minimum absolute atomic E-state index is 0.0510. The van der Waals surface area contributed by atoms with Crippen molar-refractivity contribution in [2.45, 2.75) is 19.6 Å². The van der Waals surface area contributed by atoms with Gasteiger partial charge in [-0.25, -0.2) is 4.98 Å². The van der Waals surface area contributed by atoms with Crippen LogP contribution in [-0.2, 0) is 12.7 Å². The molecule has 0 aliphatic heterocycles. The van der Waals surface area contributed by atoms with Gasteiger partial charge in [0.05, 0.1) is 17.8 Å². The lowest BCUT2D eigenvalue weighted by Gasteiger charge is -2.10. The quantitative estimate of drug-likeness (QED) is 0.543. The molecule has 0 saturated carbocycles. The van der Waals surface area contributed by atoms with E-state index in [9.17, 15) is 18.0 Å². The summed E-state index contributed by atoms with van der Waals surface area (Å²) in [7, 11) is 0. The molecule has 0 unspecified atom stereocenters. The molecule has 0 amide bonds. The number of fused-ring (bicyclic) bond motifs is 1. The standard InChI is InChI=1S/C19H14F3N5O/c1-12-5-7-15(8-6-12)27-17-16(24-25-27)18(28)26(11-23-17)10-13-3-2-4-14(9-13)19(20,21)22/h2-9,11H,10H2,1H3. The molecule has 28 heavy (non-hydrogen) atoms. The predicted octanol–water partition coefficient (Wildman–Crippen LogP) is 3.35. The fourth-order valence-corrected chi connectivity index (χ4v) is 2.86. The van der Waals surface area contributed by atoms with Crippen LogP contribution >= 0.6 is 0 Å². The number of benzene rings is 2. The van der Waals surface area contributed by atoms with Gasteiger partial charge in [0.25, 0.3) is 5.56 Å². The molecule has 0 N–H and O–H groups in total. The van der Waals surface area contributed by atoms with Crippen molar-refractivity contribution < 1.29 is 13.2 Å². The number of nitrogens with zero attached hydrogens (tertiary/aromatic N) is 5. The van der Waals surface area contributed by atoms with Crippen molar-refractivity contribution in [1.29, 1.82) is 0 Å². The molecule has 0 radical (unpaired) electrons. The smallest absolute Gasteiger partial charge is 0.293 e. The van der Waals surface area contributed by atoms with Gasteiger partial charge in [-0.15, -0.1) is 5.10 Å². The zero-order valence-corrected chi connectivity index (χ0v) is 14.7. The van der Waals surface area contributed by atoms with E-state index in [2.05, 4.69) is 15.3 Å². The van der Waals surface area contributed by atoms with E-state index in [1.54, 1.807) is 0 Å². The van der Waals surface area contributed by atoms with E-state index >= 15 is 0 Å². The molecule has 0 bridgehead atoms. The first-order valence-corrected chi connectivity index (χ1v) is 8.37. The third-order valence-electron chi connectivity index (χ3n) is 4.32. The fraction of sp³-hybridized carbons (Fsp3) is 0.158. The first-order chi connectivity index (χ1) is 13.3. The van der Waals surface area contributed by atoms with Crippen molar-refractivity contribution in [3.8, 4) is 5.69 Å². The second-order valence-corrected chi connectivity index (χ2v) is 6.38. The maximum atomic E-state index is 12.9. The van der Waals surface area contributed by atoms with Gasteiger partial charge in [0.1, 0.15) is 6.33 Å². The lowest BCUT2D eigenvalue weighted by Crippen LogP contribution is -2.21. The Kier molecular flexibility index (Phi) is 4.21.